The fraction of sp³-hybridized carbons (Fsp3) is 0.133. The summed E-state index contributed by atoms with van der Waals surface area (Å²) in [5.41, 5.74) is 6.38. The third-order valence-electron chi connectivity index (χ3n) is 2.37. The van der Waals surface area contributed by atoms with Gasteiger partial charge < -0.3 is 5.11 Å². The van der Waals surface area contributed by atoms with Gasteiger partial charge in [0.1, 0.15) is 0 Å². The highest BCUT2D eigenvalue weighted by Crippen LogP contribution is 2.22. The van der Waals surface area contributed by atoms with Gasteiger partial charge in [-0.3, -0.25) is 10.4 Å². The van der Waals surface area contributed by atoms with Crippen molar-refractivity contribution in [2.75, 3.05) is 11.6 Å². The minimum Gasteiger partial charge on any atom is -0.397 e. The Morgan fingerprint density at radius 2 is 1.43 bits per heavy atom. The monoisotopic (exact) mass is 288 g/mol. The first-order valence-corrected chi connectivity index (χ1v) is 6.51. The van der Waals surface area contributed by atoms with Gasteiger partial charge in [-0.25, -0.2) is 16.1 Å². The molecule has 21 heavy (non-hydrogen) atoms. The molecule has 0 unspecified atom stereocenters. The van der Waals surface area contributed by atoms with Crippen LogP contribution in [0.5, 0.6) is 0 Å². The molecular formula is C15H20N4O2. The molecule has 0 spiro atoms. The highest BCUT2D eigenvalue weighted by atomic mass is 16.2. The summed E-state index contributed by atoms with van der Waals surface area (Å²) in [6, 6.07) is 18.5. The summed E-state index contributed by atoms with van der Waals surface area (Å²) in [6.07, 6.45) is 0. The Morgan fingerprint density at radius 1 is 1.05 bits per heavy atom. The van der Waals surface area contributed by atoms with E-state index in [0.29, 0.717) is 0 Å². The summed E-state index contributed by atoms with van der Waals surface area (Å²) in [6.45, 7) is 1.93. The van der Waals surface area contributed by atoms with Crippen molar-refractivity contribution in [3.05, 3.63) is 60.7 Å². The number of carbonyl (C=O) groups excluding carboxylic acids is 1. The van der Waals surface area contributed by atoms with Crippen LogP contribution >= 0.6 is 0 Å². The SMILES string of the molecule is CCO.NNC(=O)NN(c1ccccc1)c1ccccc1. The van der Waals surface area contributed by atoms with E-state index in [-0.39, 0.29) is 6.61 Å². The molecule has 0 saturated carbocycles. The van der Waals surface area contributed by atoms with Crippen molar-refractivity contribution < 1.29 is 9.90 Å². The molecule has 0 aromatic heterocycles. The van der Waals surface area contributed by atoms with Crippen LogP contribution in [0.2, 0.25) is 0 Å². The Kier molecular flexibility index (Phi) is 7.34. The standard InChI is InChI=1S/C13H14N4O.C2H6O/c14-15-13(18)16-17(11-7-3-1-4-8-11)12-9-5-2-6-10-12;1-2-3/h1-10H,14H2,(H2,15,16,18);3H,2H2,1H3. The molecule has 0 radical (unpaired) electrons. The predicted molar refractivity (Wildman–Crippen MR) is 83.6 cm³/mol. The second kappa shape index (κ2) is 9.35. The molecule has 112 valence electrons. The normalized spacial score (nSPS) is 9.10. The number of hydrazine groups is 2. The molecule has 5 N–H and O–H groups in total. The summed E-state index contributed by atoms with van der Waals surface area (Å²) in [7, 11) is 0. The third-order valence-corrected chi connectivity index (χ3v) is 2.37. The van der Waals surface area contributed by atoms with E-state index in [1.165, 1.54) is 0 Å². The van der Waals surface area contributed by atoms with Crippen molar-refractivity contribution in [2.45, 2.75) is 6.92 Å². The summed E-state index contributed by atoms with van der Waals surface area (Å²) in [5.74, 6) is 5.09. The smallest absolute Gasteiger partial charge is 0.348 e. The number of hydrogen-bond acceptors (Lipinski definition) is 4. The van der Waals surface area contributed by atoms with Crippen molar-refractivity contribution in [3.63, 3.8) is 0 Å². The molecule has 6 heteroatoms. The van der Waals surface area contributed by atoms with Crippen LogP contribution in [0.4, 0.5) is 16.2 Å². The van der Waals surface area contributed by atoms with Crippen LogP contribution in [0, 0.1) is 0 Å². The number of nitrogens with zero attached hydrogens (tertiary/aromatic N) is 1. The quantitative estimate of drug-likeness (QED) is 0.394. The van der Waals surface area contributed by atoms with Gasteiger partial charge in [0, 0.05) is 6.61 Å². The molecule has 0 aliphatic rings. The topological polar surface area (TPSA) is 90.6 Å². The van der Waals surface area contributed by atoms with Crippen LogP contribution in [-0.2, 0) is 0 Å². The van der Waals surface area contributed by atoms with Gasteiger partial charge in [-0.1, -0.05) is 36.4 Å². The van der Waals surface area contributed by atoms with E-state index in [0.717, 1.165) is 11.4 Å². The average molecular weight is 288 g/mol. The second-order valence-corrected chi connectivity index (χ2v) is 3.91. The lowest BCUT2D eigenvalue weighted by Crippen LogP contribution is -2.47. The van der Waals surface area contributed by atoms with Crippen LogP contribution in [0.1, 0.15) is 6.92 Å². The zero-order valence-electron chi connectivity index (χ0n) is 11.9. The zero-order valence-corrected chi connectivity index (χ0v) is 11.9. The maximum atomic E-state index is 11.4. The number of nitrogens with one attached hydrogen (secondary N) is 2. The number of para-hydroxylation sites is 2. The number of aliphatic hydroxyl groups excluding tert-OH is 1. The molecule has 2 amide bonds. The van der Waals surface area contributed by atoms with E-state index in [1.807, 2.05) is 66.1 Å². The Hall–Kier alpha value is -2.57. The van der Waals surface area contributed by atoms with Gasteiger partial charge in [0.25, 0.3) is 0 Å². The Bertz CT molecular complexity index is 480. The fourth-order valence-corrected chi connectivity index (χ4v) is 1.57. The van der Waals surface area contributed by atoms with Gasteiger partial charge in [-0.2, -0.15) is 0 Å². The van der Waals surface area contributed by atoms with E-state index in [1.54, 1.807) is 11.9 Å². The lowest BCUT2D eigenvalue weighted by molar-refractivity contribution is 0.241. The molecule has 2 aromatic carbocycles. The number of anilines is 2. The maximum Gasteiger partial charge on any atom is 0.348 e. The van der Waals surface area contributed by atoms with Gasteiger partial charge >= 0.3 is 6.03 Å². The van der Waals surface area contributed by atoms with Gasteiger partial charge in [-0.05, 0) is 31.2 Å². The molecule has 2 aromatic rings. The molecule has 0 aliphatic heterocycles. The van der Waals surface area contributed by atoms with Crippen LogP contribution in [0.25, 0.3) is 0 Å². The molecule has 0 bridgehead atoms. The Balaban J connectivity index is 0.000000677. The van der Waals surface area contributed by atoms with Gasteiger partial charge in [0.2, 0.25) is 0 Å². The number of nitrogens with two attached hydrogens (primary N) is 1. The number of benzene rings is 2. The van der Waals surface area contributed by atoms with Crippen LogP contribution < -0.4 is 21.7 Å². The van der Waals surface area contributed by atoms with Crippen molar-refractivity contribution in [1.29, 1.82) is 0 Å². The van der Waals surface area contributed by atoms with Crippen LogP contribution in [0.3, 0.4) is 0 Å². The van der Waals surface area contributed by atoms with E-state index < -0.39 is 6.03 Å². The molecule has 0 atom stereocenters. The Labute approximate surface area is 124 Å². The molecule has 2 rings (SSSR count). The van der Waals surface area contributed by atoms with Gasteiger partial charge in [-0.15, -0.1) is 0 Å². The molecular weight excluding hydrogens is 268 g/mol. The first kappa shape index (κ1) is 16.5. The average Bonchev–Trinajstić information content (AvgIpc) is 2.54. The summed E-state index contributed by atoms with van der Waals surface area (Å²) >= 11 is 0. The Morgan fingerprint density at radius 3 is 1.76 bits per heavy atom. The fourth-order valence-electron chi connectivity index (χ4n) is 1.57. The third kappa shape index (κ3) is 5.52. The lowest BCUT2D eigenvalue weighted by atomic mass is 10.2. The number of urea groups is 1. The van der Waals surface area contributed by atoms with Crippen molar-refractivity contribution >= 4 is 17.4 Å². The van der Waals surface area contributed by atoms with E-state index in [9.17, 15) is 4.79 Å². The lowest BCUT2D eigenvalue weighted by Gasteiger charge is -2.24. The minimum absolute atomic E-state index is 0.250. The van der Waals surface area contributed by atoms with Crippen molar-refractivity contribution in [3.8, 4) is 0 Å². The van der Waals surface area contributed by atoms with Crippen molar-refractivity contribution in [2.24, 2.45) is 5.84 Å². The molecule has 6 nitrogen and oxygen atoms in total. The maximum absolute atomic E-state index is 11.4. The predicted octanol–water partition coefficient (Wildman–Crippen LogP) is 1.91. The van der Waals surface area contributed by atoms with Gasteiger partial charge in [0.15, 0.2) is 0 Å². The number of rotatable bonds is 3. The first-order valence-electron chi connectivity index (χ1n) is 6.51. The minimum atomic E-state index is -0.484. The molecule has 0 fully saturated rings. The number of hydrogen-bond donors (Lipinski definition) is 4. The summed E-state index contributed by atoms with van der Waals surface area (Å²) in [5, 5.41) is 9.22. The van der Waals surface area contributed by atoms with Crippen LogP contribution in [0.15, 0.2) is 60.7 Å². The highest BCUT2D eigenvalue weighted by molar-refractivity contribution is 5.78. The van der Waals surface area contributed by atoms with E-state index >= 15 is 0 Å². The zero-order chi connectivity index (χ0) is 15.5. The molecule has 0 aliphatic carbocycles. The molecule has 0 saturated heterocycles. The number of carbonyl (C=O) groups is 1. The van der Waals surface area contributed by atoms with E-state index in [4.69, 9.17) is 10.9 Å². The first-order chi connectivity index (χ1) is 10.2. The second-order valence-electron chi connectivity index (χ2n) is 3.91. The van der Waals surface area contributed by atoms with E-state index in [2.05, 4.69) is 5.43 Å². The summed E-state index contributed by atoms with van der Waals surface area (Å²) < 4.78 is 0. The number of amides is 2. The number of aliphatic hydroxyl groups is 1. The summed E-state index contributed by atoms with van der Waals surface area (Å²) in [4.78, 5) is 11.4. The van der Waals surface area contributed by atoms with Gasteiger partial charge in [0.05, 0.1) is 11.4 Å². The highest BCUT2D eigenvalue weighted by Gasteiger charge is 2.10. The van der Waals surface area contributed by atoms with Crippen molar-refractivity contribution in [1.82, 2.24) is 10.9 Å². The largest absolute Gasteiger partial charge is 0.397 e. The molecule has 0 heterocycles. The van der Waals surface area contributed by atoms with Crippen LogP contribution in [-0.4, -0.2) is 17.7 Å².